The van der Waals surface area contributed by atoms with E-state index in [9.17, 15) is 12.8 Å². The molecule has 0 saturated carbocycles. The maximum Gasteiger partial charge on any atom is 0.243 e. The van der Waals surface area contributed by atoms with Crippen molar-refractivity contribution in [3.63, 3.8) is 0 Å². The maximum atomic E-state index is 13.5. The first-order valence-electron chi connectivity index (χ1n) is 12.3. The van der Waals surface area contributed by atoms with E-state index in [0.29, 0.717) is 41.7 Å². The molecule has 6 nitrogen and oxygen atoms in total. The van der Waals surface area contributed by atoms with Crippen LogP contribution in [0.15, 0.2) is 46.5 Å². The molecule has 5 rings (SSSR count). The third-order valence-corrected chi connectivity index (χ3v) is 9.90. The van der Waals surface area contributed by atoms with Crippen LogP contribution in [0.2, 0.25) is 0 Å². The quantitative estimate of drug-likeness (QED) is 0.394. The van der Waals surface area contributed by atoms with Crippen molar-refractivity contribution in [3.8, 4) is 0 Å². The summed E-state index contributed by atoms with van der Waals surface area (Å²) in [6.07, 6.45) is 4.12. The van der Waals surface area contributed by atoms with Gasteiger partial charge in [-0.2, -0.15) is 4.31 Å². The molecule has 2 fully saturated rings. The summed E-state index contributed by atoms with van der Waals surface area (Å²) in [5.74, 6) is 0.780. The van der Waals surface area contributed by atoms with E-state index in [2.05, 4.69) is 11.5 Å². The van der Waals surface area contributed by atoms with Gasteiger partial charge in [-0.1, -0.05) is 24.8 Å². The second kappa shape index (κ2) is 10.2. The molecule has 0 radical (unpaired) electrons. The lowest BCUT2D eigenvalue weighted by molar-refractivity contribution is 0.0960. The van der Waals surface area contributed by atoms with Gasteiger partial charge in [-0.15, -0.1) is 0 Å². The topological polar surface area (TPSA) is 64.4 Å². The first-order chi connectivity index (χ1) is 16.8. The summed E-state index contributed by atoms with van der Waals surface area (Å²) in [5.41, 5.74) is 3.54. The van der Waals surface area contributed by atoms with Gasteiger partial charge in [0.05, 0.1) is 28.6 Å². The summed E-state index contributed by atoms with van der Waals surface area (Å²) in [5, 5.41) is 0.820. The normalized spacial score (nSPS) is 21.7. The maximum absolute atomic E-state index is 13.5. The average Bonchev–Trinajstić information content (AvgIpc) is 3.46. The van der Waals surface area contributed by atoms with E-state index in [1.807, 2.05) is 19.1 Å². The monoisotopic (exact) mass is 517 g/mol. The van der Waals surface area contributed by atoms with Gasteiger partial charge >= 0.3 is 0 Å². The van der Waals surface area contributed by atoms with Crippen LogP contribution in [0.4, 0.5) is 4.39 Å². The molecule has 35 heavy (non-hydrogen) atoms. The molecule has 0 spiro atoms. The molecule has 0 unspecified atom stereocenters. The van der Waals surface area contributed by atoms with E-state index in [-0.39, 0.29) is 11.9 Å². The highest BCUT2D eigenvalue weighted by molar-refractivity contribution is 7.98. The summed E-state index contributed by atoms with van der Waals surface area (Å²) < 4.78 is 49.9. The minimum atomic E-state index is -3.56. The van der Waals surface area contributed by atoms with Gasteiger partial charge in [0.15, 0.2) is 5.16 Å². The number of aryl methyl sites for hydroxylation is 1. The lowest BCUT2D eigenvalue weighted by Gasteiger charge is -2.30. The van der Waals surface area contributed by atoms with Crippen LogP contribution in [0, 0.1) is 18.7 Å². The number of thioether (sulfide) groups is 1. The standard InChI is InChI=1S/C26H32FN3O3S2/c1-18-5-3-11-29(15-18)35(31,32)23-9-10-25-24(14-23)28-26(30(25)16-22-6-4-12-33-22)34-17-20-7-8-21(27)13-19(20)2/h7-10,13-14,18,22H,3-6,11-12,15-17H2,1-2H3/t18-,22-/m0/s1. The van der Waals surface area contributed by atoms with Crippen molar-refractivity contribution in [2.45, 2.75) is 68.0 Å². The van der Waals surface area contributed by atoms with Gasteiger partial charge in [-0.25, -0.2) is 17.8 Å². The van der Waals surface area contributed by atoms with Gasteiger partial charge in [0, 0.05) is 25.4 Å². The highest BCUT2D eigenvalue weighted by atomic mass is 32.2. The van der Waals surface area contributed by atoms with Gasteiger partial charge in [0.2, 0.25) is 10.0 Å². The number of hydrogen-bond donors (Lipinski definition) is 0. The number of fused-ring (bicyclic) bond motifs is 1. The minimum absolute atomic E-state index is 0.123. The second-order valence-corrected chi connectivity index (χ2v) is 12.6. The first-order valence-corrected chi connectivity index (χ1v) is 14.7. The molecule has 2 aliphatic heterocycles. The van der Waals surface area contributed by atoms with E-state index in [1.54, 1.807) is 34.3 Å². The summed E-state index contributed by atoms with van der Waals surface area (Å²) in [4.78, 5) is 5.16. The highest BCUT2D eigenvalue weighted by Crippen LogP contribution is 2.32. The second-order valence-electron chi connectivity index (χ2n) is 9.76. The number of hydrogen-bond acceptors (Lipinski definition) is 5. The molecule has 2 atom stereocenters. The number of halogens is 1. The minimum Gasteiger partial charge on any atom is -0.376 e. The van der Waals surface area contributed by atoms with Crippen molar-refractivity contribution in [1.82, 2.24) is 13.9 Å². The first kappa shape index (κ1) is 24.7. The zero-order valence-corrected chi connectivity index (χ0v) is 21.9. The van der Waals surface area contributed by atoms with Gasteiger partial charge in [0.25, 0.3) is 0 Å². The van der Waals surface area contributed by atoms with Crippen LogP contribution in [-0.2, 0) is 27.1 Å². The number of imidazole rings is 1. The van der Waals surface area contributed by atoms with E-state index in [0.717, 1.165) is 54.1 Å². The highest BCUT2D eigenvalue weighted by Gasteiger charge is 2.29. The van der Waals surface area contributed by atoms with E-state index in [1.165, 1.54) is 6.07 Å². The van der Waals surface area contributed by atoms with Crippen LogP contribution in [0.3, 0.4) is 0 Å². The van der Waals surface area contributed by atoms with Crippen molar-refractivity contribution < 1.29 is 17.5 Å². The Kier molecular flexibility index (Phi) is 7.21. The number of nitrogens with zero attached hydrogens (tertiary/aromatic N) is 3. The SMILES string of the molecule is Cc1cc(F)ccc1CSc1nc2cc(S(=O)(=O)N3CCC[C@H](C)C3)ccc2n1C[C@@H]1CCCO1. The Balaban J connectivity index is 1.47. The van der Waals surface area contributed by atoms with Crippen LogP contribution < -0.4 is 0 Å². The van der Waals surface area contributed by atoms with E-state index < -0.39 is 10.0 Å². The summed E-state index contributed by atoms with van der Waals surface area (Å²) in [6.45, 7) is 6.58. The molecule has 3 heterocycles. The largest absolute Gasteiger partial charge is 0.376 e. The van der Waals surface area contributed by atoms with Crippen molar-refractivity contribution in [1.29, 1.82) is 0 Å². The molecule has 1 aromatic heterocycles. The van der Waals surface area contributed by atoms with Crippen molar-refractivity contribution in [2.24, 2.45) is 5.92 Å². The number of sulfonamides is 1. The molecule has 0 aliphatic carbocycles. The van der Waals surface area contributed by atoms with Gasteiger partial charge < -0.3 is 9.30 Å². The van der Waals surface area contributed by atoms with Crippen LogP contribution >= 0.6 is 11.8 Å². The van der Waals surface area contributed by atoms with Crippen LogP contribution in [0.1, 0.15) is 43.7 Å². The third kappa shape index (κ3) is 5.28. The molecule has 2 aromatic carbocycles. The van der Waals surface area contributed by atoms with E-state index >= 15 is 0 Å². The van der Waals surface area contributed by atoms with Gasteiger partial charge in [-0.05, 0) is 80.0 Å². The lowest BCUT2D eigenvalue weighted by Crippen LogP contribution is -2.39. The Morgan fingerprint density at radius 2 is 2.03 bits per heavy atom. The van der Waals surface area contributed by atoms with Gasteiger partial charge in [0.1, 0.15) is 5.82 Å². The van der Waals surface area contributed by atoms with Crippen molar-refractivity contribution >= 4 is 32.8 Å². The van der Waals surface area contributed by atoms with Crippen LogP contribution in [0.25, 0.3) is 11.0 Å². The molecule has 2 aliphatic rings. The Morgan fingerprint density at radius 3 is 2.77 bits per heavy atom. The predicted octanol–water partition coefficient (Wildman–Crippen LogP) is 5.38. The lowest BCUT2D eigenvalue weighted by atomic mass is 10.0. The fourth-order valence-corrected chi connectivity index (χ4v) is 7.72. The summed E-state index contributed by atoms with van der Waals surface area (Å²) >= 11 is 1.58. The number of aromatic nitrogens is 2. The molecule has 3 aromatic rings. The molecule has 0 amide bonds. The third-order valence-electron chi connectivity index (χ3n) is 7.01. The zero-order chi connectivity index (χ0) is 24.6. The fourth-order valence-electron chi connectivity index (χ4n) is 5.00. The molecule has 188 valence electrons. The smallest absolute Gasteiger partial charge is 0.243 e. The number of piperidine rings is 1. The van der Waals surface area contributed by atoms with Crippen molar-refractivity contribution in [3.05, 3.63) is 53.3 Å². The number of benzene rings is 2. The zero-order valence-electron chi connectivity index (χ0n) is 20.2. The van der Waals surface area contributed by atoms with Gasteiger partial charge in [-0.3, -0.25) is 0 Å². The molecule has 0 bridgehead atoms. The number of ether oxygens (including phenoxy) is 1. The Morgan fingerprint density at radius 1 is 1.17 bits per heavy atom. The average molecular weight is 518 g/mol. The molecule has 2 saturated heterocycles. The Bertz CT molecular complexity index is 1320. The van der Waals surface area contributed by atoms with E-state index in [4.69, 9.17) is 9.72 Å². The Hall–Kier alpha value is -1.94. The number of rotatable bonds is 7. The summed E-state index contributed by atoms with van der Waals surface area (Å²) in [6, 6.07) is 10.1. The van der Waals surface area contributed by atoms with Crippen molar-refractivity contribution in [2.75, 3.05) is 19.7 Å². The molecular weight excluding hydrogens is 485 g/mol. The molecule has 9 heteroatoms. The van der Waals surface area contributed by atoms with Crippen LogP contribution in [0.5, 0.6) is 0 Å². The summed E-state index contributed by atoms with van der Waals surface area (Å²) in [7, 11) is -3.56. The predicted molar refractivity (Wildman–Crippen MR) is 137 cm³/mol. The Labute approximate surface area is 210 Å². The van der Waals surface area contributed by atoms with Crippen LogP contribution in [-0.4, -0.2) is 48.1 Å². The molecular formula is C26H32FN3O3S2. The molecule has 0 N–H and O–H groups in total. The fraction of sp³-hybridized carbons (Fsp3) is 0.500.